The molecule has 2 heterocycles. The summed E-state index contributed by atoms with van der Waals surface area (Å²) in [6.07, 6.45) is 4.22. The second kappa shape index (κ2) is 6.53. The minimum atomic E-state index is -0.138. The number of fused-ring (bicyclic) bond motifs is 1. The molecule has 1 aromatic carbocycles. The molecule has 3 rings (SSSR count). The Labute approximate surface area is 131 Å². The molecule has 2 aromatic heterocycles. The maximum Gasteiger partial charge on any atom is 0.220 e. The van der Waals surface area contributed by atoms with E-state index in [9.17, 15) is 9.59 Å². The first kappa shape index (κ1) is 14.5. The molecule has 22 heavy (non-hydrogen) atoms. The zero-order valence-electron chi connectivity index (χ0n) is 11.9. The van der Waals surface area contributed by atoms with Crippen molar-refractivity contribution in [2.45, 2.75) is 19.4 Å². The Hall–Kier alpha value is -2.47. The van der Waals surface area contributed by atoms with Crippen LogP contribution in [0.1, 0.15) is 28.9 Å². The predicted octanol–water partition coefficient (Wildman–Crippen LogP) is 2.68. The number of hydrogen-bond acceptors (Lipinski definition) is 4. The largest absolute Gasteiger partial charge is 0.350 e. The monoisotopic (exact) mass is 313 g/mol. The van der Waals surface area contributed by atoms with E-state index in [4.69, 9.17) is 0 Å². The summed E-state index contributed by atoms with van der Waals surface area (Å²) in [4.78, 5) is 29.0. The van der Waals surface area contributed by atoms with Gasteiger partial charge in [-0.3, -0.25) is 14.0 Å². The van der Waals surface area contributed by atoms with Crippen LogP contribution >= 0.6 is 11.3 Å². The number of ketones is 1. The van der Waals surface area contributed by atoms with E-state index >= 15 is 0 Å². The van der Waals surface area contributed by atoms with Gasteiger partial charge in [-0.25, -0.2) is 4.98 Å². The number of carbonyl (C=O) groups is 2. The van der Waals surface area contributed by atoms with Crippen LogP contribution in [0.3, 0.4) is 0 Å². The van der Waals surface area contributed by atoms with Crippen molar-refractivity contribution in [2.75, 3.05) is 0 Å². The average molecular weight is 313 g/mol. The number of aromatic nitrogens is 2. The van der Waals surface area contributed by atoms with E-state index < -0.39 is 0 Å². The van der Waals surface area contributed by atoms with Crippen molar-refractivity contribution in [3.8, 4) is 0 Å². The fourth-order valence-electron chi connectivity index (χ4n) is 2.13. The van der Waals surface area contributed by atoms with E-state index in [1.54, 1.807) is 23.5 Å². The number of rotatable bonds is 6. The van der Waals surface area contributed by atoms with Gasteiger partial charge in [0, 0.05) is 36.2 Å². The van der Waals surface area contributed by atoms with E-state index in [-0.39, 0.29) is 24.5 Å². The lowest BCUT2D eigenvalue weighted by molar-refractivity contribution is -0.121. The summed E-state index contributed by atoms with van der Waals surface area (Å²) < 4.78 is 1.92. The topological polar surface area (TPSA) is 63.5 Å². The summed E-state index contributed by atoms with van der Waals surface area (Å²) in [6, 6.07) is 9.02. The molecule has 5 nitrogen and oxygen atoms in total. The predicted molar refractivity (Wildman–Crippen MR) is 84.9 cm³/mol. The SMILES string of the molecule is O=C(CCC(=O)c1ccccc1)NCc1cn2ccsc2n1. The third-order valence-corrected chi connectivity index (χ3v) is 4.06. The first-order valence-electron chi connectivity index (χ1n) is 6.98. The van der Waals surface area contributed by atoms with E-state index in [0.717, 1.165) is 10.7 Å². The molecule has 0 fully saturated rings. The first-order valence-corrected chi connectivity index (χ1v) is 7.86. The first-order chi connectivity index (χ1) is 10.7. The van der Waals surface area contributed by atoms with Crippen LogP contribution in [0.2, 0.25) is 0 Å². The molecule has 0 spiro atoms. The molecule has 1 N–H and O–H groups in total. The van der Waals surface area contributed by atoms with Gasteiger partial charge in [0.1, 0.15) is 0 Å². The van der Waals surface area contributed by atoms with Crippen molar-refractivity contribution in [3.05, 3.63) is 59.4 Å². The van der Waals surface area contributed by atoms with Crippen LogP contribution in [0, 0.1) is 0 Å². The molecule has 0 saturated heterocycles. The molecule has 0 aliphatic rings. The van der Waals surface area contributed by atoms with Gasteiger partial charge in [-0.05, 0) is 0 Å². The van der Waals surface area contributed by atoms with E-state index in [1.165, 1.54) is 0 Å². The van der Waals surface area contributed by atoms with Gasteiger partial charge in [-0.2, -0.15) is 0 Å². The lowest BCUT2D eigenvalue weighted by Crippen LogP contribution is -2.23. The molecule has 0 unspecified atom stereocenters. The van der Waals surface area contributed by atoms with Crippen LogP contribution in [-0.4, -0.2) is 21.1 Å². The lowest BCUT2D eigenvalue weighted by Gasteiger charge is -2.03. The highest BCUT2D eigenvalue weighted by molar-refractivity contribution is 7.15. The van der Waals surface area contributed by atoms with E-state index in [0.29, 0.717) is 12.1 Å². The minimum Gasteiger partial charge on any atom is -0.350 e. The number of nitrogens with zero attached hydrogens (tertiary/aromatic N) is 2. The molecule has 112 valence electrons. The van der Waals surface area contributed by atoms with Crippen LogP contribution in [0.15, 0.2) is 48.1 Å². The number of carbonyl (C=O) groups excluding carboxylic acids is 2. The van der Waals surface area contributed by atoms with Crippen LogP contribution in [0.4, 0.5) is 0 Å². The zero-order chi connectivity index (χ0) is 15.4. The highest BCUT2D eigenvalue weighted by Crippen LogP contribution is 2.11. The van der Waals surface area contributed by atoms with Gasteiger partial charge >= 0.3 is 0 Å². The Morgan fingerprint density at radius 2 is 2.00 bits per heavy atom. The molecule has 0 saturated carbocycles. The summed E-state index contributed by atoms with van der Waals surface area (Å²) in [7, 11) is 0. The summed E-state index contributed by atoms with van der Waals surface area (Å²) >= 11 is 1.55. The number of Topliss-reactive ketones (excluding diaryl/α,β-unsaturated/α-hetero) is 1. The summed E-state index contributed by atoms with van der Waals surface area (Å²) in [5.41, 5.74) is 1.46. The van der Waals surface area contributed by atoms with E-state index in [2.05, 4.69) is 10.3 Å². The Morgan fingerprint density at radius 3 is 2.77 bits per heavy atom. The maximum atomic E-state index is 11.9. The number of benzene rings is 1. The molecular weight excluding hydrogens is 298 g/mol. The van der Waals surface area contributed by atoms with Gasteiger partial charge in [0.15, 0.2) is 10.7 Å². The highest BCUT2D eigenvalue weighted by atomic mass is 32.1. The molecule has 0 radical (unpaired) electrons. The number of nitrogens with one attached hydrogen (secondary N) is 1. The maximum absolute atomic E-state index is 11.9. The van der Waals surface area contributed by atoms with Gasteiger partial charge in [-0.1, -0.05) is 30.3 Å². The van der Waals surface area contributed by atoms with E-state index in [1.807, 2.05) is 40.4 Å². The smallest absolute Gasteiger partial charge is 0.220 e. The van der Waals surface area contributed by atoms with Gasteiger partial charge < -0.3 is 5.32 Å². The standard InChI is InChI=1S/C16H15N3O2S/c20-14(12-4-2-1-3-5-12)6-7-15(21)17-10-13-11-19-8-9-22-16(19)18-13/h1-5,8-9,11H,6-7,10H2,(H,17,21). The van der Waals surface area contributed by atoms with Crippen molar-refractivity contribution in [1.82, 2.24) is 14.7 Å². The fourth-order valence-corrected chi connectivity index (χ4v) is 2.85. The summed E-state index contributed by atoms with van der Waals surface area (Å²) in [6.45, 7) is 0.382. The highest BCUT2D eigenvalue weighted by Gasteiger charge is 2.09. The Morgan fingerprint density at radius 1 is 1.18 bits per heavy atom. The van der Waals surface area contributed by atoms with Crippen LogP contribution < -0.4 is 5.32 Å². The molecule has 0 bridgehead atoms. The minimum absolute atomic E-state index is 0.0155. The van der Waals surface area contributed by atoms with Crippen molar-refractivity contribution >= 4 is 28.0 Å². The molecule has 3 aromatic rings. The third-order valence-electron chi connectivity index (χ3n) is 3.28. The summed E-state index contributed by atoms with van der Waals surface area (Å²) in [5.74, 6) is -0.154. The van der Waals surface area contributed by atoms with Gasteiger partial charge in [0.05, 0.1) is 12.2 Å². The van der Waals surface area contributed by atoms with Crippen molar-refractivity contribution < 1.29 is 9.59 Å². The second-order valence-corrected chi connectivity index (χ2v) is 5.76. The molecular formula is C16H15N3O2S. The molecule has 6 heteroatoms. The summed E-state index contributed by atoms with van der Waals surface area (Å²) in [5, 5.41) is 4.75. The van der Waals surface area contributed by atoms with Crippen LogP contribution in [0.5, 0.6) is 0 Å². The number of hydrogen-bond donors (Lipinski definition) is 1. The molecule has 0 aliphatic heterocycles. The molecule has 0 aliphatic carbocycles. The number of thiazole rings is 1. The van der Waals surface area contributed by atoms with Gasteiger partial charge in [-0.15, -0.1) is 11.3 Å². The lowest BCUT2D eigenvalue weighted by atomic mass is 10.1. The third kappa shape index (κ3) is 3.40. The Balaban J connectivity index is 1.46. The van der Waals surface area contributed by atoms with Crippen LogP contribution in [-0.2, 0) is 11.3 Å². The van der Waals surface area contributed by atoms with Gasteiger partial charge in [0.25, 0.3) is 0 Å². The normalized spacial score (nSPS) is 10.7. The molecule has 1 amide bonds. The number of imidazole rings is 1. The van der Waals surface area contributed by atoms with Gasteiger partial charge in [0.2, 0.25) is 5.91 Å². The quantitative estimate of drug-likeness (QED) is 0.712. The fraction of sp³-hybridized carbons (Fsp3) is 0.188. The Kier molecular flexibility index (Phi) is 4.29. The van der Waals surface area contributed by atoms with Crippen molar-refractivity contribution in [1.29, 1.82) is 0 Å². The average Bonchev–Trinajstić information content (AvgIpc) is 3.12. The van der Waals surface area contributed by atoms with Crippen molar-refractivity contribution in [3.63, 3.8) is 0 Å². The number of amides is 1. The Bertz CT molecular complexity index is 763. The zero-order valence-corrected chi connectivity index (χ0v) is 12.7. The second-order valence-electron chi connectivity index (χ2n) is 4.89. The van der Waals surface area contributed by atoms with Crippen LogP contribution in [0.25, 0.3) is 4.96 Å². The van der Waals surface area contributed by atoms with Crippen molar-refractivity contribution in [2.24, 2.45) is 0 Å². The molecule has 0 atom stereocenters.